The van der Waals surface area contributed by atoms with E-state index in [1.165, 1.54) is 0 Å². The largest absolute Gasteiger partial charge is 0.299 e. The highest BCUT2D eigenvalue weighted by Gasteiger charge is 2.72. The summed E-state index contributed by atoms with van der Waals surface area (Å²) in [5.74, 6) is 1.50. The maximum Gasteiger partial charge on any atom is 0.180 e. The summed E-state index contributed by atoms with van der Waals surface area (Å²) in [6, 6.07) is 2.22. The monoisotopic (exact) mass is 517 g/mol. The molecule has 5 aliphatic carbocycles. The van der Waals surface area contributed by atoms with Gasteiger partial charge < -0.3 is 0 Å². The fourth-order valence-corrected chi connectivity index (χ4v) is 11.1. The summed E-state index contributed by atoms with van der Waals surface area (Å²) in [6.45, 7) is 15.8. The maximum atomic E-state index is 14.6. The van der Waals surface area contributed by atoms with E-state index in [1.807, 2.05) is 19.9 Å². The number of H-pyrrole nitrogens is 1. The topological polar surface area (TPSA) is 112 Å². The minimum absolute atomic E-state index is 0.0377. The van der Waals surface area contributed by atoms with Crippen molar-refractivity contribution in [1.29, 1.82) is 5.26 Å². The third-order valence-corrected chi connectivity index (χ3v) is 13.3. The number of aromatic amines is 1. The molecule has 1 heterocycles. The highest BCUT2D eigenvalue weighted by atomic mass is 16.1. The molecule has 7 heteroatoms. The van der Waals surface area contributed by atoms with Gasteiger partial charge in [-0.05, 0) is 84.4 Å². The zero-order valence-corrected chi connectivity index (χ0v) is 24.1. The Hall–Kier alpha value is -2.36. The van der Waals surface area contributed by atoms with Gasteiger partial charge in [-0.3, -0.25) is 9.59 Å². The van der Waals surface area contributed by atoms with Crippen LogP contribution in [-0.2, 0) is 15.0 Å². The Morgan fingerprint density at radius 3 is 2.32 bits per heavy atom. The molecule has 4 fully saturated rings. The predicted molar refractivity (Wildman–Crippen MR) is 142 cm³/mol. The van der Waals surface area contributed by atoms with Crippen LogP contribution < -0.4 is 0 Å². The van der Waals surface area contributed by atoms with Gasteiger partial charge in [0.1, 0.15) is 11.9 Å². The van der Waals surface area contributed by atoms with Crippen LogP contribution in [0.3, 0.4) is 0 Å². The van der Waals surface area contributed by atoms with Crippen molar-refractivity contribution in [3.05, 3.63) is 17.5 Å². The molecular formula is C31H43N5O2. The summed E-state index contributed by atoms with van der Waals surface area (Å²) in [4.78, 5) is 27.8. The van der Waals surface area contributed by atoms with Crippen LogP contribution in [0.4, 0.5) is 0 Å². The molecule has 204 valence electrons. The lowest BCUT2D eigenvalue weighted by Gasteiger charge is -2.71. The van der Waals surface area contributed by atoms with Crippen LogP contribution in [0.15, 0.2) is 11.6 Å². The summed E-state index contributed by atoms with van der Waals surface area (Å²) in [7, 11) is 0. The standard InChI is InChI=1S/C31H43N5O2/c1-26(2)10-12-31(25-33-35-36-34-25)13-11-30(7)23(19(31)16-26)20(37)14-22-28(5)15-18(17-32)24(38)27(3,4)21(28)8-9-29(22,30)6/h15,19,21-23H,8-14,16H2,1-7H3,(H,33,34,35,36). The second kappa shape index (κ2) is 7.64. The molecule has 8 unspecified atom stereocenters. The third-order valence-electron chi connectivity index (χ3n) is 13.3. The quantitative estimate of drug-likeness (QED) is 0.507. The van der Waals surface area contributed by atoms with E-state index in [0.717, 1.165) is 50.8 Å². The Labute approximate surface area is 226 Å². The smallest absolute Gasteiger partial charge is 0.180 e. The van der Waals surface area contributed by atoms with Crippen LogP contribution >= 0.6 is 0 Å². The molecule has 0 amide bonds. The molecule has 38 heavy (non-hydrogen) atoms. The van der Waals surface area contributed by atoms with E-state index < -0.39 is 5.41 Å². The summed E-state index contributed by atoms with van der Waals surface area (Å²) >= 11 is 0. The number of hydrogen-bond acceptors (Lipinski definition) is 6. The zero-order valence-electron chi connectivity index (χ0n) is 24.1. The molecule has 0 bridgehead atoms. The number of fused-ring (bicyclic) bond motifs is 7. The molecule has 0 aromatic carbocycles. The Morgan fingerprint density at radius 1 is 0.947 bits per heavy atom. The zero-order chi connectivity index (χ0) is 27.5. The van der Waals surface area contributed by atoms with Gasteiger partial charge in [0.05, 0.1) is 5.57 Å². The van der Waals surface area contributed by atoms with Gasteiger partial charge in [-0.15, -0.1) is 10.2 Å². The van der Waals surface area contributed by atoms with E-state index in [9.17, 15) is 14.9 Å². The fourth-order valence-electron chi connectivity index (χ4n) is 11.1. The molecule has 1 aromatic heterocycles. The second-order valence-corrected chi connectivity index (χ2v) is 15.6. The van der Waals surface area contributed by atoms with Crippen molar-refractivity contribution in [1.82, 2.24) is 20.6 Å². The van der Waals surface area contributed by atoms with E-state index in [-0.39, 0.29) is 62.1 Å². The third kappa shape index (κ3) is 2.98. The average Bonchev–Trinajstić information content (AvgIpc) is 3.38. The number of carbonyl (C=O) groups is 2. The minimum atomic E-state index is -0.607. The molecule has 4 saturated carbocycles. The maximum absolute atomic E-state index is 14.6. The van der Waals surface area contributed by atoms with Crippen molar-refractivity contribution in [2.24, 2.45) is 50.7 Å². The first kappa shape index (κ1) is 25.9. The van der Waals surface area contributed by atoms with Crippen molar-refractivity contribution in [3.63, 3.8) is 0 Å². The Bertz CT molecular complexity index is 1270. The molecule has 0 saturated heterocycles. The number of ketones is 2. The van der Waals surface area contributed by atoms with Gasteiger partial charge in [0.15, 0.2) is 11.6 Å². The van der Waals surface area contributed by atoms with Gasteiger partial charge in [0.25, 0.3) is 0 Å². The van der Waals surface area contributed by atoms with E-state index in [0.29, 0.717) is 12.2 Å². The number of rotatable bonds is 1. The van der Waals surface area contributed by atoms with Crippen LogP contribution in [-0.4, -0.2) is 32.2 Å². The lowest BCUT2D eigenvalue weighted by Crippen LogP contribution is -2.69. The van der Waals surface area contributed by atoms with Crippen LogP contribution in [0.2, 0.25) is 0 Å². The Morgan fingerprint density at radius 2 is 1.66 bits per heavy atom. The van der Waals surface area contributed by atoms with Gasteiger partial charge >= 0.3 is 0 Å². The number of nitrogens with one attached hydrogen (secondary N) is 1. The first-order chi connectivity index (χ1) is 17.7. The van der Waals surface area contributed by atoms with Gasteiger partial charge in [-0.1, -0.05) is 59.8 Å². The lowest BCUT2D eigenvalue weighted by molar-refractivity contribution is -0.214. The van der Waals surface area contributed by atoms with Gasteiger partial charge in [0, 0.05) is 23.2 Å². The highest BCUT2D eigenvalue weighted by molar-refractivity contribution is 6.04. The fraction of sp³-hybridized carbons (Fsp3) is 0.806. The van der Waals surface area contributed by atoms with E-state index >= 15 is 0 Å². The SMILES string of the molecule is CC1(C)CCC2(c3nn[nH]n3)CCC3(C)C(C(=O)CC4C5(C)C=C(C#N)C(=O)C(C)(C)C5CCC43C)C2C1. The van der Waals surface area contributed by atoms with Gasteiger partial charge in [-0.25, -0.2) is 0 Å². The molecule has 6 rings (SSSR count). The van der Waals surface area contributed by atoms with Crippen molar-refractivity contribution in [3.8, 4) is 6.07 Å². The molecule has 1 aromatic rings. The molecule has 7 nitrogen and oxygen atoms in total. The number of Topliss-reactive ketones (excluding diaryl/α,β-unsaturated/α-hetero) is 2. The van der Waals surface area contributed by atoms with Crippen LogP contribution in [0.1, 0.15) is 106 Å². The molecule has 0 aliphatic heterocycles. The second-order valence-electron chi connectivity index (χ2n) is 15.6. The summed E-state index contributed by atoms with van der Waals surface area (Å²) in [5.41, 5.74) is -0.979. The van der Waals surface area contributed by atoms with Gasteiger partial charge in [-0.2, -0.15) is 10.5 Å². The lowest BCUT2D eigenvalue weighted by atomic mass is 9.31. The molecule has 5 aliphatic rings. The average molecular weight is 518 g/mol. The van der Waals surface area contributed by atoms with Crippen LogP contribution in [0.5, 0.6) is 0 Å². The summed E-state index contributed by atoms with van der Waals surface area (Å²) in [5, 5.41) is 25.6. The molecular weight excluding hydrogens is 474 g/mol. The number of nitrogens with zero attached hydrogens (tertiary/aromatic N) is 4. The summed E-state index contributed by atoms with van der Waals surface area (Å²) < 4.78 is 0. The normalized spacial score (nSPS) is 47.1. The predicted octanol–water partition coefficient (Wildman–Crippen LogP) is 5.75. The Balaban J connectivity index is 1.49. The number of aromatic nitrogens is 4. The minimum Gasteiger partial charge on any atom is -0.299 e. The van der Waals surface area contributed by atoms with Crippen molar-refractivity contribution in [2.45, 2.75) is 105 Å². The van der Waals surface area contributed by atoms with Crippen LogP contribution in [0.25, 0.3) is 0 Å². The number of nitriles is 1. The molecule has 1 N–H and O–H groups in total. The highest BCUT2D eigenvalue weighted by Crippen LogP contribution is 2.75. The molecule has 8 atom stereocenters. The van der Waals surface area contributed by atoms with Gasteiger partial charge in [0.2, 0.25) is 0 Å². The molecule has 0 radical (unpaired) electrons. The van der Waals surface area contributed by atoms with E-state index in [2.05, 4.69) is 61.3 Å². The number of allylic oxidation sites excluding steroid dienone is 2. The molecule has 0 spiro atoms. The van der Waals surface area contributed by atoms with Crippen LogP contribution in [0, 0.1) is 62.1 Å². The van der Waals surface area contributed by atoms with Crippen molar-refractivity contribution < 1.29 is 9.59 Å². The van der Waals surface area contributed by atoms with E-state index in [1.54, 1.807) is 0 Å². The van der Waals surface area contributed by atoms with Crippen molar-refractivity contribution >= 4 is 11.6 Å². The summed E-state index contributed by atoms with van der Waals surface area (Å²) in [6.07, 6.45) is 9.47. The van der Waals surface area contributed by atoms with E-state index in [4.69, 9.17) is 0 Å². The number of carbonyl (C=O) groups excluding carboxylic acids is 2. The first-order valence-corrected chi connectivity index (χ1v) is 14.6. The first-order valence-electron chi connectivity index (χ1n) is 14.6. The van der Waals surface area contributed by atoms with Crippen molar-refractivity contribution in [2.75, 3.05) is 0 Å². The number of hydrogen-bond donors (Lipinski definition) is 1. The number of tetrazole rings is 1. The Kier molecular flexibility index (Phi) is 5.20.